The van der Waals surface area contributed by atoms with Gasteiger partial charge >= 0.3 is 0 Å². The van der Waals surface area contributed by atoms with Gasteiger partial charge in [-0.1, -0.05) is 12.1 Å². The highest BCUT2D eigenvalue weighted by Gasteiger charge is 2.15. The minimum Gasteiger partial charge on any atom is -0.497 e. The molecule has 0 aliphatic rings. The van der Waals surface area contributed by atoms with Gasteiger partial charge in [0.2, 0.25) is 0 Å². The number of hydrogen-bond acceptors (Lipinski definition) is 5. The molecule has 7 nitrogen and oxygen atoms in total. The summed E-state index contributed by atoms with van der Waals surface area (Å²) in [6, 6.07) is 14.9. The van der Waals surface area contributed by atoms with Crippen LogP contribution in [0.5, 0.6) is 11.5 Å². The van der Waals surface area contributed by atoms with Crippen LogP contribution in [0.15, 0.2) is 53.3 Å². The van der Waals surface area contributed by atoms with E-state index in [0.717, 1.165) is 11.1 Å². The molecular formula is C22H25N3O4S. The number of thiocarbonyl (C=S) groups is 1. The zero-order valence-electron chi connectivity index (χ0n) is 17.0. The zero-order chi connectivity index (χ0) is 21.5. The zero-order valence-corrected chi connectivity index (χ0v) is 17.8. The number of aromatic nitrogens is 1. The number of para-hydroxylation sites is 2. The van der Waals surface area contributed by atoms with Crippen LogP contribution in [-0.4, -0.2) is 47.5 Å². The van der Waals surface area contributed by atoms with Gasteiger partial charge in [-0.2, -0.15) is 0 Å². The van der Waals surface area contributed by atoms with Crippen LogP contribution in [-0.2, 0) is 6.54 Å². The van der Waals surface area contributed by atoms with E-state index >= 15 is 0 Å². The second-order valence-corrected chi connectivity index (χ2v) is 7.09. The van der Waals surface area contributed by atoms with E-state index in [0.29, 0.717) is 47.2 Å². The molecular weight excluding hydrogens is 402 g/mol. The van der Waals surface area contributed by atoms with Crippen molar-refractivity contribution >= 4 is 33.9 Å². The first-order valence-corrected chi connectivity index (χ1v) is 9.96. The third-order valence-electron chi connectivity index (χ3n) is 4.71. The van der Waals surface area contributed by atoms with Crippen molar-refractivity contribution in [1.29, 1.82) is 0 Å². The molecule has 3 aromatic rings. The lowest BCUT2D eigenvalue weighted by Gasteiger charge is -2.26. The summed E-state index contributed by atoms with van der Waals surface area (Å²) >= 11 is 5.60. The van der Waals surface area contributed by atoms with E-state index in [1.807, 2.05) is 47.4 Å². The topological polar surface area (TPSA) is 86.8 Å². The van der Waals surface area contributed by atoms with Gasteiger partial charge in [0.25, 0.3) is 5.56 Å². The van der Waals surface area contributed by atoms with Gasteiger partial charge in [0, 0.05) is 24.8 Å². The molecule has 0 fully saturated rings. The number of fused-ring (bicyclic) bond motifs is 1. The predicted octanol–water partition coefficient (Wildman–Crippen LogP) is 3.13. The second-order valence-electron chi connectivity index (χ2n) is 6.71. The first-order chi connectivity index (χ1) is 14.5. The highest BCUT2D eigenvalue weighted by Crippen LogP contribution is 2.24. The minimum atomic E-state index is -0.190. The Hall–Kier alpha value is -3.10. The van der Waals surface area contributed by atoms with Gasteiger partial charge in [0.15, 0.2) is 5.11 Å². The number of aliphatic hydroxyl groups excluding tert-OH is 1. The number of rotatable bonds is 8. The molecule has 3 N–H and O–H groups in total. The molecule has 0 amide bonds. The summed E-state index contributed by atoms with van der Waals surface area (Å²) < 4.78 is 10.6. The number of aromatic amines is 1. The molecule has 0 unspecified atom stereocenters. The standard InChI is InChI=1S/C22H25N3O4S/c1-28-17-9-8-15-12-16(21(27)23-19(15)13-17)14-25(10-5-11-26)22(30)24-18-6-3-4-7-20(18)29-2/h3-4,6-9,12-13,26H,5,10-11,14H2,1-2H3,(H,23,27)(H,24,30). The first kappa shape index (κ1) is 21.6. The molecule has 0 spiro atoms. The predicted molar refractivity (Wildman–Crippen MR) is 122 cm³/mol. The van der Waals surface area contributed by atoms with Crippen molar-refractivity contribution in [2.24, 2.45) is 0 Å². The Morgan fingerprint density at radius 1 is 1.17 bits per heavy atom. The van der Waals surface area contributed by atoms with E-state index < -0.39 is 0 Å². The van der Waals surface area contributed by atoms with Crippen molar-refractivity contribution < 1.29 is 14.6 Å². The Kier molecular flexibility index (Phi) is 7.26. The van der Waals surface area contributed by atoms with Crippen LogP contribution >= 0.6 is 12.2 Å². The fraction of sp³-hybridized carbons (Fsp3) is 0.273. The number of benzene rings is 2. The van der Waals surface area contributed by atoms with E-state index in [2.05, 4.69) is 10.3 Å². The van der Waals surface area contributed by atoms with Crippen LogP contribution < -0.4 is 20.3 Å². The molecule has 0 saturated heterocycles. The maximum atomic E-state index is 12.7. The largest absolute Gasteiger partial charge is 0.497 e. The minimum absolute atomic E-state index is 0.0294. The Labute approximate surface area is 180 Å². The number of anilines is 1. The van der Waals surface area contributed by atoms with Crippen LogP contribution in [0.1, 0.15) is 12.0 Å². The van der Waals surface area contributed by atoms with Crippen LogP contribution in [0.4, 0.5) is 5.69 Å². The van der Waals surface area contributed by atoms with Crippen molar-refractivity contribution in [3.63, 3.8) is 0 Å². The molecule has 30 heavy (non-hydrogen) atoms. The number of H-pyrrole nitrogens is 1. The van der Waals surface area contributed by atoms with Crippen molar-refractivity contribution in [1.82, 2.24) is 9.88 Å². The average molecular weight is 428 g/mol. The Morgan fingerprint density at radius 3 is 2.70 bits per heavy atom. The van der Waals surface area contributed by atoms with E-state index in [9.17, 15) is 9.90 Å². The van der Waals surface area contributed by atoms with Gasteiger partial charge in [0.05, 0.1) is 32.0 Å². The average Bonchev–Trinajstić information content (AvgIpc) is 2.76. The molecule has 0 aliphatic carbocycles. The normalized spacial score (nSPS) is 10.6. The molecule has 0 atom stereocenters. The van der Waals surface area contributed by atoms with Gasteiger partial charge in [-0.25, -0.2) is 0 Å². The maximum Gasteiger partial charge on any atom is 0.253 e. The summed E-state index contributed by atoms with van der Waals surface area (Å²) in [7, 11) is 3.18. The maximum absolute atomic E-state index is 12.7. The van der Waals surface area contributed by atoms with Crippen LogP contribution in [0.25, 0.3) is 10.9 Å². The molecule has 3 rings (SSSR count). The van der Waals surface area contributed by atoms with Crippen molar-refractivity contribution in [2.45, 2.75) is 13.0 Å². The number of methoxy groups -OCH3 is 2. The summed E-state index contributed by atoms with van der Waals surface area (Å²) in [6.07, 6.45) is 0.524. The SMILES string of the molecule is COc1ccc2cc(CN(CCCO)C(=S)Nc3ccccc3OC)c(=O)[nH]c2c1. The fourth-order valence-electron chi connectivity index (χ4n) is 3.13. The summed E-state index contributed by atoms with van der Waals surface area (Å²) in [5.41, 5.74) is 1.83. The van der Waals surface area contributed by atoms with Gasteiger partial charge in [-0.15, -0.1) is 0 Å². The molecule has 0 radical (unpaired) electrons. The van der Waals surface area contributed by atoms with Gasteiger partial charge in [0.1, 0.15) is 11.5 Å². The van der Waals surface area contributed by atoms with Crippen molar-refractivity contribution in [2.75, 3.05) is 32.7 Å². The molecule has 158 valence electrons. The second kappa shape index (κ2) is 10.1. The molecule has 0 bridgehead atoms. The van der Waals surface area contributed by atoms with E-state index in [1.165, 1.54) is 0 Å². The van der Waals surface area contributed by atoms with Crippen molar-refractivity contribution in [3.8, 4) is 11.5 Å². The highest BCUT2D eigenvalue weighted by molar-refractivity contribution is 7.80. The van der Waals surface area contributed by atoms with E-state index in [-0.39, 0.29) is 12.2 Å². The van der Waals surface area contributed by atoms with Crippen LogP contribution in [0, 0.1) is 0 Å². The Bertz CT molecular complexity index is 1080. The number of nitrogens with one attached hydrogen (secondary N) is 2. The molecule has 8 heteroatoms. The van der Waals surface area contributed by atoms with Gasteiger partial charge < -0.3 is 29.8 Å². The third kappa shape index (κ3) is 5.08. The third-order valence-corrected chi connectivity index (χ3v) is 5.07. The van der Waals surface area contributed by atoms with Crippen LogP contribution in [0.3, 0.4) is 0 Å². The molecule has 0 aliphatic heterocycles. The summed E-state index contributed by atoms with van der Waals surface area (Å²) in [5.74, 6) is 1.34. The van der Waals surface area contributed by atoms with E-state index in [4.69, 9.17) is 21.7 Å². The van der Waals surface area contributed by atoms with Gasteiger partial charge in [-0.3, -0.25) is 4.79 Å². The lowest BCUT2D eigenvalue weighted by atomic mass is 10.1. The molecule has 1 heterocycles. The summed E-state index contributed by atoms with van der Waals surface area (Å²) in [5, 5.41) is 13.8. The molecule has 0 saturated carbocycles. The lowest BCUT2D eigenvalue weighted by Crippen LogP contribution is -2.37. The number of ether oxygens (including phenoxy) is 2. The fourth-order valence-corrected chi connectivity index (χ4v) is 3.40. The van der Waals surface area contributed by atoms with E-state index in [1.54, 1.807) is 20.3 Å². The first-order valence-electron chi connectivity index (χ1n) is 9.55. The number of pyridine rings is 1. The quantitative estimate of drug-likeness (QED) is 0.476. The Balaban J connectivity index is 1.86. The molecule has 2 aromatic carbocycles. The summed E-state index contributed by atoms with van der Waals surface area (Å²) in [4.78, 5) is 17.4. The van der Waals surface area contributed by atoms with Crippen molar-refractivity contribution in [3.05, 3.63) is 64.4 Å². The summed E-state index contributed by atoms with van der Waals surface area (Å²) in [6.45, 7) is 0.831. The van der Waals surface area contributed by atoms with Gasteiger partial charge in [-0.05, 0) is 54.4 Å². The monoisotopic (exact) mass is 427 g/mol. The number of aliphatic hydroxyl groups is 1. The molecule has 1 aromatic heterocycles. The smallest absolute Gasteiger partial charge is 0.253 e. The lowest BCUT2D eigenvalue weighted by molar-refractivity contribution is 0.265. The number of nitrogens with zero attached hydrogens (tertiary/aromatic N) is 1. The number of hydrogen-bond donors (Lipinski definition) is 3. The van der Waals surface area contributed by atoms with Crippen LogP contribution in [0.2, 0.25) is 0 Å². The Morgan fingerprint density at radius 2 is 1.97 bits per heavy atom. The highest BCUT2D eigenvalue weighted by atomic mass is 32.1.